The highest BCUT2D eigenvalue weighted by atomic mass is 35.5. The molecule has 1 heterocycles. The van der Waals surface area contributed by atoms with Crippen LogP contribution < -0.4 is 4.72 Å². The number of rotatable bonds is 4. The smallest absolute Gasteiger partial charge is 0.261 e. The Morgan fingerprint density at radius 3 is 2.22 bits per heavy atom. The molecule has 8 heteroatoms. The number of nitrogens with zero attached hydrogens (tertiary/aromatic N) is 1. The van der Waals surface area contributed by atoms with E-state index in [1.807, 2.05) is 0 Å². The quantitative estimate of drug-likeness (QED) is 0.738. The van der Waals surface area contributed by atoms with E-state index in [0.29, 0.717) is 27.2 Å². The molecule has 0 spiro atoms. The lowest BCUT2D eigenvalue weighted by Crippen LogP contribution is -2.12. The van der Waals surface area contributed by atoms with Gasteiger partial charge in [0.2, 0.25) is 5.89 Å². The van der Waals surface area contributed by atoms with Crippen LogP contribution in [0.25, 0.3) is 11.5 Å². The summed E-state index contributed by atoms with van der Waals surface area (Å²) in [6.45, 7) is 0. The third kappa shape index (κ3) is 3.67. The fourth-order valence-corrected chi connectivity index (χ4v) is 3.54. The summed E-state index contributed by atoms with van der Waals surface area (Å²) in [5.74, 6) is 0.420. The average molecular weight is 369 g/mol. The van der Waals surface area contributed by atoms with Crippen LogP contribution >= 0.6 is 23.2 Å². The maximum atomic E-state index is 12.4. The molecule has 0 aliphatic carbocycles. The number of halogens is 2. The van der Waals surface area contributed by atoms with Gasteiger partial charge in [0.1, 0.15) is 6.26 Å². The van der Waals surface area contributed by atoms with Gasteiger partial charge in [-0.2, -0.15) is 0 Å². The van der Waals surface area contributed by atoms with E-state index in [9.17, 15) is 8.42 Å². The Labute approximate surface area is 142 Å². The summed E-state index contributed by atoms with van der Waals surface area (Å²) >= 11 is 11.7. The minimum Gasteiger partial charge on any atom is -0.445 e. The largest absolute Gasteiger partial charge is 0.445 e. The van der Waals surface area contributed by atoms with Gasteiger partial charge in [0.25, 0.3) is 10.0 Å². The van der Waals surface area contributed by atoms with E-state index in [-0.39, 0.29) is 4.90 Å². The highest BCUT2D eigenvalue weighted by Gasteiger charge is 2.15. The van der Waals surface area contributed by atoms with Crippen LogP contribution in [0.2, 0.25) is 10.0 Å². The molecule has 0 aliphatic heterocycles. The average Bonchev–Trinajstić information content (AvgIpc) is 3.00. The summed E-state index contributed by atoms with van der Waals surface area (Å²) in [5.41, 5.74) is 0.971. The molecule has 0 bridgehead atoms. The third-order valence-electron chi connectivity index (χ3n) is 2.96. The molecule has 3 aromatic rings. The fourth-order valence-electron chi connectivity index (χ4n) is 1.97. The number of oxazole rings is 1. The second-order valence-corrected chi connectivity index (χ2v) is 7.18. The van der Waals surface area contributed by atoms with Gasteiger partial charge < -0.3 is 4.42 Å². The second-order valence-electron chi connectivity index (χ2n) is 4.63. The first-order valence-corrected chi connectivity index (χ1v) is 8.67. The molecule has 3 rings (SSSR count). The van der Waals surface area contributed by atoms with Crippen molar-refractivity contribution in [1.82, 2.24) is 4.98 Å². The lowest BCUT2D eigenvalue weighted by Gasteiger charge is -2.09. The zero-order chi connectivity index (χ0) is 16.4. The fraction of sp³-hybridized carbons (Fsp3) is 0. The highest BCUT2D eigenvalue weighted by Crippen LogP contribution is 2.25. The zero-order valence-electron chi connectivity index (χ0n) is 11.5. The summed E-state index contributed by atoms with van der Waals surface area (Å²) < 4.78 is 32.4. The van der Waals surface area contributed by atoms with Crippen LogP contribution in [-0.4, -0.2) is 13.4 Å². The molecule has 2 aromatic carbocycles. The Morgan fingerprint density at radius 1 is 1.00 bits per heavy atom. The molecule has 1 aromatic heterocycles. The summed E-state index contributed by atoms with van der Waals surface area (Å²) in [7, 11) is -3.75. The maximum absolute atomic E-state index is 12.4. The molecule has 5 nitrogen and oxygen atoms in total. The van der Waals surface area contributed by atoms with E-state index in [1.54, 1.807) is 12.1 Å². The molecule has 0 saturated heterocycles. The van der Waals surface area contributed by atoms with Crippen LogP contribution in [0.4, 0.5) is 5.69 Å². The third-order valence-corrected chi connectivity index (χ3v) is 4.79. The van der Waals surface area contributed by atoms with Gasteiger partial charge in [0.15, 0.2) is 0 Å². The van der Waals surface area contributed by atoms with Gasteiger partial charge in [0.05, 0.1) is 16.8 Å². The Morgan fingerprint density at radius 2 is 1.65 bits per heavy atom. The predicted octanol–water partition coefficient (Wildman–Crippen LogP) is 4.45. The minimum atomic E-state index is -3.75. The number of nitrogens with one attached hydrogen (secondary N) is 1. The molecular weight excluding hydrogens is 359 g/mol. The van der Waals surface area contributed by atoms with Gasteiger partial charge in [0, 0.05) is 15.6 Å². The normalized spacial score (nSPS) is 11.4. The van der Waals surface area contributed by atoms with E-state index in [0.717, 1.165) is 0 Å². The Balaban J connectivity index is 1.87. The van der Waals surface area contributed by atoms with Crippen LogP contribution in [0.15, 0.2) is 64.2 Å². The molecule has 0 fully saturated rings. The molecular formula is C15H10Cl2N2O3S. The number of hydrogen-bond acceptors (Lipinski definition) is 4. The van der Waals surface area contributed by atoms with Crippen LogP contribution in [-0.2, 0) is 10.0 Å². The number of aromatic nitrogens is 1. The van der Waals surface area contributed by atoms with E-state index in [4.69, 9.17) is 27.6 Å². The van der Waals surface area contributed by atoms with Crippen molar-refractivity contribution in [1.29, 1.82) is 0 Å². The van der Waals surface area contributed by atoms with Crippen molar-refractivity contribution in [2.75, 3.05) is 4.72 Å². The van der Waals surface area contributed by atoms with Crippen molar-refractivity contribution in [3.63, 3.8) is 0 Å². The summed E-state index contributed by atoms with van der Waals surface area (Å²) in [6.07, 6.45) is 2.97. The van der Waals surface area contributed by atoms with Crippen LogP contribution in [0, 0.1) is 0 Å². The molecule has 0 saturated carbocycles. The van der Waals surface area contributed by atoms with Gasteiger partial charge in [-0.15, -0.1) is 0 Å². The van der Waals surface area contributed by atoms with Crippen LogP contribution in [0.3, 0.4) is 0 Å². The summed E-state index contributed by atoms with van der Waals surface area (Å²) in [6, 6.07) is 10.6. The minimum absolute atomic E-state index is 0.101. The molecule has 0 atom stereocenters. The number of sulfonamides is 1. The highest BCUT2D eigenvalue weighted by molar-refractivity contribution is 7.92. The number of benzene rings is 2. The number of anilines is 1. The first kappa shape index (κ1) is 15.9. The van der Waals surface area contributed by atoms with E-state index < -0.39 is 10.0 Å². The molecule has 0 aliphatic rings. The summed E-state index contributed by atoms with van der Waals surface area (Å²) in [4.78, 5) is 4.11. The van der Waals surface area contributed by atoms with Crippen LogP contribution in [0.5, 0.6) is 0 Å². The standard InChI is InChI=1S/C15H10Cl2N2O3S/c16-11-7-12(17)9-13(8-11)19-23(20,21)14-3-1-10(2-4-14)15-18-5-6-22-15/h1-9,19H. The lowest BCUT2D eigenvalue weighted by atomic mass is 10.2. The zero-order valence-corrected chi connectivity index (χ0v) is 13.9. The second kappa shape index (κ2) is 6.23. The molecule has 1 N–H and O–H groups in total. The SMILES string of the molecule is O=S(=O)(Nc1cc(Cl)cc(Cl)c1)c1ccc(-c2ncco2)cc1. The molecule has 118 valence electrons. The number of hydrogen-bond donors (Lipinski definition) is 1. The van der Waals surface area contributed by atoms with Gasteiger partial charge in [-0.25, -0.2) is 13.4 Å². The maximum Gasteiger partial charge on any atom is 0.261 e. The molecule has 0 radical (unpaired) electrons. The van der Waals surface area contributed by atoms with Gasteiger partial charge in [-0.05, 0) is 42.5 Å². The van der Waals surface area contributed by atoms with Crippen molar-refractivity contribution in [3.05, 3.63) is 65.0 Å². The monoisotopic (exact) mass is 368 g/mol. The summed E-state index contributed by atoms with van der Waals surface area (Å²) in [5, 5.41) is 0.684. The Kier molecular flexibility index (Phi) is 4.30. The lowest BCUT2D eigenvalue weighted by molar-refractivity contribution is 0.574. The van der Waals surface area contributed by atoms with Gasteiger partial charge in [-0.1, -0.05) is 23.2 Å². The first-order chi connectivity index (χ1) is 10.9. The van der Waals surface area contributed by atoms with Crippen LogP contribution in [0.1, 0.15) is 0 Å². The van der Waals surface area contributed by atoms with E-state index in [1.165, 1.54) is 42.8 Å². The van der Waals surface area contributed by atoms with Crippen molar-refractivity contribution in [2.45, 2.75) is 4.90 Å². The van der Waals surface area contributed by atoms with Crippen molar-refractivity contribution < 1.29 is 12.8 Å². The molecule has 0 unspecified atom stereocenters. The van der Waals surface area contributed by atoms with Crippen molar-refractivity contribution in [2.24, 2.45) is 0 Å². The Bertz CT molecular complexity index is 904. The predicted molar refractivity (Wildman–Crippen MR) is 89.2 cm³/mol. The topological polar surface area (TPSA) is 72.2 Å². The van der Waals surface area contributed by atoms with E-state index in [2.05, 4.69) is 9.71 Å². The Hall–Kier alpha value is -2.02. The molecule has 23 heavy (non-hydrogen) atoms. The van der Waals surface area contributed by atoms with Gasteiger partial charge in [-0.3, -0.25) is 4.72 Å². The van der Waals surface area contributed by atoms with E-state index >= 15 is 0 Å². The first-order valence-electron chi connectivity index (χ1n) is 6.43. The van der Waals surface area contributed by atoms with Crippen molar-refractivity contribution in [3.8, 4) is 11.5 Å². The van der Waals surface area contributed by atoms with Crippen molar-refractivity contribution >= 4 is 38.9 Å². The molecule has 0 amide bonds. The van der Waals surface area contributed by atoms with Gasteiger partial charge >= 0.3 is 0 Å².